The number of rotatable bonds is 23. The molecule has 7 rings (SSSR count). The summed E-state index contributed by atoms with van der Waals surface area (Å²) < 4.78 is 90.7. The third-order valence-electron chi connectivity index (χ3n) is 16.9. The SMILES string of the molecule is CCC1O[C@@H](O[C@@H]2C(OC(=O)c3ccccc3)[C@H](O[C@@H]3C(CC)O[C@@H](OCc4ccccc4)C(OC(=O)c4ccccc4)[C@H]3C)OC(CO[Si](C)(C)C(C)(C)C)[C@@H]2O)C(NC(C)=O)[C@@H](C)[C@@H]1O[C@@H]1OC(COC(C)=O)[C@H](OC(C)=O)[C@H](C)C1OC(C)=O. The molecule has 0 radical (unpaired) electrons. The molecule has 4 saturated heterocycles. The molecule has 3 aromatic carbocycles. The van der Waals surface area contributed by atoms with Gasteiger partial charge in [-0.15, -0.1) is 0 Å². The molecule has 1 amide bonds. The van der Waals surface area contributed by atoms with Crippen LogP contribution in [0.3, 0.4) is 0 Å². The van der Waals surface area contributed by atoms with Crippen LogP contribution in [-0.2, 0) is 91.8 Å². The zero-order valence-electron chi connectivity index (χ0n) is 52.4. The van der Waals surface area contributed by atoms with E-state index in [1.165, 1.54) is 27.7 Å². The molecule has 20 atom stereocenters. The van der Waals surface area contributed by atoms with Crippen LogP contribution in [0.25, 0.3) is 0 Å². The Balaban J connectivity index is 1.28. The van der Waals surface area contributed by atoms with Gasteiger partial charge < -0.3 is 76.4 Å². The Morgan fingerprint density at radius 1 is 0.517 bits per heavy atom. The van der Waals surface area contributed by atoms with E-state index in [0.29, 0.717) is 12.0 Å². The number of aliphatic hydroxyl groups excluding tert-OH is 1. The van der Waals surface area contributed by atoms with Crippen LogP contribution < -0.4 is 5.32 Å². The quantitative estimate of drug-likeness (QED) is 0.0522. The summed E-state index contributed by atoms with van der Waals surface area (Å²) in [7, 11) is -2.59. The molecule has 4 fully saturated rings. The maximum Gasteiger partial charge on any atom is 0.338 e. The topological polar surface area (TPSA) is 264 Å². The summed E-state index contributed by atoms with van der Waals surface area (Å²) in [6, 6.07) is 25.1. The molecule has 0 bridgehead atoms. The standard InChI is InChI=1S/C64H89NO21Si/c1-15-45-51(84-62-55(77-41(9)69)37(5)53(76-40(8)68)48(81-62)33-73-39(7)67)35(3)49(65-38(6)66)60(78-45)86-56-50(70)47(34-75-87(13,14)64(10,11)12)80-63(57(56)83-59(72)44-30-24-19-25-31-44)85-52-36(4)54(82-58(71)43-28-22-18-23-29-43)61(79-46(52)16-2)74-32-42-26-20-17-21-27-42/h17-31,35-37,45-57,60-63,70H,15-16,32-34H2,1-14H3,(H,65,66)/t35-,36+,37+,45?,46?,47?,48?,49?,50+,51+,52+,53-,54?,55?,56+,57?,60+,61-,62+,63+/m1/s1. The normalized spacial score (nSPS) is 32.9. The fraction of sp³-hybridized carbons (Fsp3) is 0.625. The first-order chi connectivity index (χ1) is 41.2. The molecule has 87 heavy (non-hydrogen) atoms. The van der Waals surface area contributed by atoms with Crippen LogP contribution in [0.1, 0.15) is 122 Å². The monoisotopic (exact) mass is 1240 g/mol. The van der Waals surface area contributed by atoms with E-state index < -0.39 is 166 Å². The Kier molecular flexibility index (Phi) is 24.3. The second kappa shape index (κ2) is 30.7. The molecule has 0 saturated carbocycles. The van der Waals surface area contributed by atoms with Crippen LogP contribution in [0.2, 0.25) is 18.1 Å². The molecule has 0 aliphatic carbocycles. The Hall–Kier alpha value is -5.70. The van der Waals surface area contributed by atoms with Gasteiger partial charge in [-0.2, -0.15) is 0 Å². The van der Waals surface area contributed by atoms with Crippen molar-refractivity contribution in [1.29, 1.82) is 0 Å². The smallest absolute Gasteiger partial charge is 0.338 e. The number of hydrogen-bond acceptors (Lipinski definition) is 21. The molecule has 0 aromatic heterocycles. The highest BCUT2D eigenvalue weighted by Crippen LogP contribution is 2.42. The van der Waals surface area contributed by atoms with Crippen LogP contribution in [0.5, 0.6) is 0 Å². The fourth-order valence-corrected chi connectivity index (χ4v) is 12.1. The Bertz CT molecular complexity index is 2730. The van der Waals surface area contributed by atoms with Crippen LogP contribution in [-0.4, -0.2) is 167 Å². The van der Waals surface area contributed by atoms with Crippen LogP contribution >= 0.6 is 0 Å². The van der Waals surface area contributed by atoms with Crippen molar-refractivity contribution in [2.45, 2.75) is 225 Å². The highest BCUT2D eigenvalue weighted by molar-refractivity contribution is 6.74. The highest BCUT2D eigenvalue weighted by Gasteiger charge is 2.58. The minimum atomic E-state index is -2.59. The zero-order chi connectivity index (χ0) is 63.5. The third-order valence-corrected chi connectivity index (χ3v) is 21.4. The van der Waals surface area contributed by atoms with Gasteiger partial charge in [0.05, 0.1) is 54.8 Å². The number of benzene rings is 3. The first-order valence-electron chi connectivity index (χ1n) is 30.0. The second-order valence-corrected chi connectivity index (χ2v) is 29.2. The van der Waals surface area contributed by atoms with Gasteiger partial charge in [0.1, 0.15) is 37.1 Å². The number of carbonyl (C=O) groups excluding carboxylic acids is 6. The lowest BCUT2D eigenvalue weighted by molar-refractivity contribution is -0.373. The van der Waals surface area contributed by atoms with Crippen molar-refractivity contribution in [1.82, 2.24) is 5.32 Å². The van der Waals surface area contributed by atoms with E-state index in [2.05, 4.69) is 39.2 Å². The van der Waals surface area contributed by atoms with E-state index >= 15 is 0 Å². The number of nitrogens with one attached hydrogen (secondary N) is 1. The van der Waals surface area contributed by atoms with Gasteiger partial charge in [-0.25, -0.2) is 9.59 Å². The van der Waals surface area contributed by atoms with Gasteiger partial charge in [-0.3, -0.25) is 19.2 Å². The summed E-state index contributed by atoms with van der Waals surface area (Å²) >= 11 is 0. The van der Waals surface area contributed by atoms with Gasteiger partial charge in [-0.1, -0.05) is 122 Å². The van der Waals surface area contributed by atoms with Crippen LogP contribution in [0.15, 0.2) is 91.0 Å². The zero-order valence-corrected chi connectivity index (χ0v) is 53.4. The summed E-state index contributed by atoms with van der Waals surface area (Å²) in [5.74, 6) is -6.08. The first-order valence-corrected chi connectivity index (χ1v) is 32.9. The van der Waals surface area contributed by atoms with Gasteiger partial charge in [-0.05, 0) is 60.8 Å². The number of carbonyl (C=O) groups is 6. The van der Waals surface area contributed by atoms with Gasteiger partial charge in [0, 0.05) is 45.4 Å². The maximum absolute atomic E-state index is 14.6. The van der Waals surface area contributed by atoms with Crippen LogP contribution in [0, 0.1) is 17.8 Å². The Morgan fingerprint density at radius 3 is 1.48 bits per heavy atom. The molecular weight excluding hydrogens is 1150 g/mol. The molecule has 22 nitrogen and oxygen atoms in total. The van der Waals surface area contributed by atoms with Crippen molar-refractivity contribution in [3.05, 3.63) is 108 Å². The Morgan fingerprint density at radius 2 is 0.966 bits per heavy atom. The maximum atomic E-state index is 14.6. The van der Waals surface area contributed by atoms with Crippen molar-refractivity contribution in [2.75, 3.05) is 13.2 Å². The van der Waals surface area contributed by atoms with E-state index in [4.69, 9.17) is 66.0 Å². The molecule has 4 aliphatic heterocycles. The summed E-state index contributed by atoms with van der Waals surface area (Å²) in [6.07, 6.45) is -18.7. The number of aliphatic hydroxyl groups is 1. The molecule has 2 N–H and O–H groups in total. The van der Waals surface area contributed by atoms with E-state index in [1.807, 2.05) is 51.1 Å². The van der Waals surface area contributed by atoms with E-state index in [9.17, 15) is 33.9 Å². The molecule has 0 spiro atoms. The lowest BCUT2D eigenvalue weighted by Gasteiger charge is -2.52. The largest absolute Gasteiger partial charge is 0.463 e. The van der Waals surface area contributed by atoms with Crippen LogP contribution in [0.4, 0.5) is 0 Å². The Labute approximate surface area is 511 Å². The minimum absolute atomic E-state index is 0.126. The predicted molar refractivity (Wildman–Crippen MR) is 314 cm³/mol. The summed E-state index contributed by atoms with van der Waals surface area (Å²) in [5.41, 5.74) is 1.31. The van der Waals surface area contributed by atoms with E-state index in [0.717, 1.165) is 5.56 Å². The molecule has 23 heteroatoms. The molecule has 8 unspecified atom stereocenters. The summed E-state index contributed by atoms with van der Waals surface area (Å²) in [5, 5.41) is 15.6. The summed E-state index contributed by atoms with van der Waals surface area (Å²) in [4.78, 5) is 79.2. The fourth-order valence-electron chi connectivity index (χ4n) is 11.1. The van der Waals surface area contributed by atoms with Gasteiger partial charge in [0.15, 0.2) is 51.8 Å². The molecule has 3 aromatic rings. The number of esters is 5. The lowest BCUT2D eigenvalue weighted by Crippen LogP contribution is -2.68. The third kappa shape index (κ3) is 17.6. The van der Waals surface area contributed by atoms with Crippen molar-refractivity contribution < 1.29 is 99.9 Å². The molecule has 480 valence electrons. The van der Waals surface area contributed by atoms with Crippen molar-refractivity contribution >= 4 is 44.1 Å². The van der Waals surface area contributed by atoms with Crippen molar-refractivity contribution in [2.24, 2.45) is 17.8 Å². The second-order valence-electron chi connectivity index (χ2n) is 24.4. The minimum Gasteiger partial charge on any atom is -0.463 e. The number of hydrogen-bond donors (Lipinski definition) is 2. The van der Waals surface area contributed by atoms with Gasteiger partial charge in [0.25, 0.3) is 0 Å². The highest BCUT2D eigenvalue weighted by atomic mass is 28.4. The van der Waals surface area contributed by atoms with E-state index in [-0.39, 0.29) is 36.8 Å². The summed E-state index contributed by atoms with van der Waals surface area (Å²) in [6.45, 7) is 24.0. The molecule has 4 heterocycles. The van der Waals surface area contributed by atoms with Crippen molar-refractivity contribution in [3.8, 4) is 0 Å². The predicted octanol–water partition coefficient (Wildman–Crippen LogP) is 7.75. The van der Waals surface area contributed by atoms with E-state index in [1.54, 1.807) is 74.5 Å². The lowest BCUT2D eigenvalue weighted by atomic mass is 9.86. The molecular formula is C64H89NO21Si. The van der Waals surface area contributed by atoms with Crippen molar-refractivity contribution in [3.63, 3.8) is 0 Å². The van der Waals surface area contributed by atoms with Gasteiger partial charge >= 0.3 is 29.8 Å². The number of ether oxygens (including phenoxy) is 13. The van der Waals surface area contributed by atoms with Gasteiger partial charge in [0.2, 0.25) is 5.91 Å². The molecule has 4 aliphatic rings. The average Bonchev–Trinajstić information content (AvgIpc) is 0.959. The first kappa shape index (κ1) is 68.8. The number of amides is 1. The average molecular weight is 1240 g/mol.